The molecule has 21 heavy (non-hydrogen) atoms. The summed E-state index contributed by atoms with van der Waals surface area (Å²) in [5, 5.41) is 7.15. The predicted octanol–water partition coefficient (Wildman–Crippen LogP) is 1.54. The predicted molar refractivity (Wildman–Crippen MR) is 79.2 cm³/mol. The Morgan fingerprint density at radius 1 is 1.43 bits per heavy atom. The summed E-state index contributed by atoms with van der Waals surface area (Å²) in [4.78, 5) is 16.6. The first-order valence-electron chi connectivity index (χ1n) is 7.37. The van der Waals surface area contributed by atoms with Gasteiger partial charge >= 0.3 is 0 Å². The number of nitrogens with zero attached hydrogens (tertiary/aromatic N) is 4. The molecule has 2 heterocycles. The molecule has 1 aliphatic carbocycles. The Kier molecular flexibility index (Phi) is 3.53. The number of aryl methyl sites for hydroxylation is 3. The molecule has 2 aromatic heterocycles. The normalized spacial score (nSPS) is 14.4. The lowest BCUT2D eigenvalue weighted by Gasteiger charge is -2.10. The van der Waals surface area contributed by atoms with Crippen molar-refractivity contribution in [3.63, 3.8) is 0 Å². The van der Waals surface area contributed by atoms with Gasteiger partial charge in [-0.25, -0.2) is 4.98 Å². The summed E-state index contributed by atoms with van der Waals surface area (Å²) >= 11 is 0. The number of nitrogens with one attached hydrogen (secondary N) is 1. The number of hydrogen-bond acceptors (Lipinski definition) is 3. The maximum atomic E-state index is 12.1. The highest BCUT2D eigenvalue weighted by atomic mass is 16.2. The molecule has 0 spiro atoms. The number of carbonyl (C=O) groups is 1. The molecule has 1 amide bonds. The second kappa shape index (κ2) is 5.35. The van der Waals surface area contributed by atoms with Crippen molar-refractivity contribution in [1.82, 2.24) is 24.6 Å². The molecule has 0 unspecified atom stereocenters. The van der Waals surface area contributed by atoms with Crippen LogP contribution in [0.15, 0.2) is 12.3 Å². The van der Waals surface area contributed by atoms with Crippen LogP contribution in [0, 0.1) is 13.8 Å². The van der Waals surface area contributed by atoms with Gasteiger partial charge in [0.05, 0.1) is 5.69 Å². The fourth-order valence-electron chi connectivity index (χ4n) is 2.63. The van der Waals surface area contributed by atoms with Gasteiger partial charge in [-0.2, -0.15) is 5.10 Å². The van der Waals surface area contributed by atoms with Gasteiger partial charge in [0.25, 0.3) is 5.91 Å². The van der Waals surface area contributed by atoms with Crippen LogP contribution in [-0.4, -0.2) is 31.8 Å². The van der Waals surface area contributed by atoms with E-state index in [-0.39, 0.29) is 5.91 Å². The number of imidazole rings is 1. The molecule has 112 valence electrons. The average molecular weight is 287 g/mol. The van der Waals surface area contributed by atoms with E-state index < -0.39 is 0 Å². The second-order valence-electron chi connectivity index (χ2n) is 5.73. The maximum absolute atomic E-state index is 12.1. The molecular formula is C15H21N5O. The van der Waals surface area contributed by atoms with Gasteiger partial charge in [0, 0.05) is 37.9 Å². The van der Waals surface area contributed by atoms with Crippen LogP contribution in [0.5, 0.6) is 0 Å². The average Bonchev–Trinajstić information content (AvgIpc) is 3.13. The zero-order valence-electron chi connectivity index (χ0n) is 12.8. The molecule has 3 rings (SSSR count). The number of amides is 1. The monoisotopic (exact) mass is 287 g/mol. The van der Waals surface area contributed by atoms with Crippen LogP contribution in [-0.2, 0) is 13.6 Å². The fourth-order valence-corrected chi connectivity index (χ4v) is 2.63. The molecule has 1 aliphatic rings. The number of carbonyl (C=O) groups excluding carboxylic acids is 1. The highest BCUT2D eigenvalue weighted by Crippen LogP contribution is 2.39. The van der Waals surface area contributed by atoms with Crippen molar-refractivity contribution in [2.75, 3.05) is 6.54 Å². The topological polar surface area (TPSA) is 64.7 Å². The summed E-state index contributed by atoms with van der Waals surface area (Å²) < 4.78 is 3.83. The summed E-state index contributed by atoms with van der Waals surface area (Å²) in [6, 6.07) is 1.80. The Labute approximate surface area is 124 Å². The zero-order chi connectivity index (χ0) is 15.0. The minimum Gasteiger partial charge on any atom is -0.349 e. The lowest BCUT2D eigenvalue weighted by atomic mass is 10.3. The number of aromatic nitrogens is 4. The summed E-state index contributed by atoms with van der Waals surface area (Å²) in [6.07, 6.45) is 4.38. The minimum atomic E-state index is -0.0798. The van der Waals surface area contributed by atoms with Crippen LogP contribution >= 0.6 is 0 Å². The van der Waals surface area contributed by atoms with E-state index in [0.717, 1.165) is 23.8 Å². The summed E-state index contributed by atoms with van der Waals surface area (Å²) in [7, 11) is 1.78. The molecule has 0 atom stereocenters. The molecule has 1 saturated carbocycles. The molecule has 0 radical (unpaired) electrons. The number of rotatable bonds is 5. The minimum absolute atomic E-state index is 0.0798. The Hall–Kier alpha value is -2.11. The van der Waals surface area contributed by atoms with Crippen molar-refractivity contribution in [2.45, 2.75) is 39.2 Å². The molecule has 1 N–H and O–H groups in total. The van der Waals surface area contributed by atoms with Crippen LogP contribution in [0.3, 0.4) is 0 Å². The van der Waals surface area contributed by atoms with Gasteiger partial charge in [-0.3, -0.25) is 9.48 Å². The fraction of sp³-hybridized carbons (Fsp3) is 0.533. The van der Waals surface area contributed by atoms with Gasteiger partial charge in [-0.1, -0.05) is 0 Å². The van der Waals surface area contributed by atoms with Gasteiger partial charge in [0.2, 0.25) is 0 Å². The lowest BCUT2D eigenvalue weighted by molar-refractivity contribution is 0.0942. The van der Waals surface area contributed by atoms with E-state index in [1.165, 1.54) is 12.8 Å². The summed E-state index contributed by atoms with van der Waals surface area (Å²) in [5.74, 6) is 1.70. The second-order valence-corrected chi connectivity index (χ2v) is 5.73. The molecule has 2 aromatic rings. The molecule has 6 heteroatoms. The van der Waals surface area contributed by atoms with Crippen molar-refractivity contribution in [2.24, 2.45) is 7.05 Å². The molecule has 0 saturated heterocycles. The van der Waals surface area contributed by atoms with E-state index in [1.807, 2.05) is 13.1 Å². The van der Waals surface area contributed by atoms with Gasteiger partial charge in [0.1, 0.15) is 11.5 Å². The zero-order valence-corrected chi connectivity index (χ0v) is 12.8. The molecule has 0 aromatic carbocycles. The van der Waals surface area contributed by atoms with Crippen molar-refractivity contribution < 1.29 is 4.79 Å². The van der Waals surface area contributed by atoms with Gasteiger partial charge in [-0.15, -0.1) is 0 Å². The van der Waals surface area contributed by atoms with E-state index in [1.54, 1.807) is 17.8 Å². The van der Waals surface area contributed by atoms with Crippen LogP contribution in [0.1, 0.15) is 46.5 Å². The third-order valence-corrected chi connectivity index (χ3v) is 3.88. The summed E-state index contributed by atoms with van der Waals surface area (Å²) in [5.41, 5.74) is 2.60. The van der Waals surface area contributed by atoms with Crippen LogP contribution in [0.2, 0.25) is 0 Å². The summed E-state index contributed by atoms with van der Waals surface area (Å²) in [6.45, 7) is 5.30. The molecule has 0 aliphatic heterocycles. The van der Waals surface area contributed by atoms with E-state index in [4.69, 9.17) is 0 Å². The van der Waals surface area contributed by atoms with Crippen molar-refractivity contribution in [1.29, 1.82) is 0 Å². The molecule has 1 fully saturated rings. The highest BCUT2D eigenvalue weighted by molar-refractivity contribution is 5.92. The first-order chi connectivity index (χ1) is 10.1. The Bertz CT molecular complexity index is 666. The maximum Gasteiger partial charge on any atom is 0.269 e. The third-order valence-electron chi connectivity index (χ3n) is 3.88. The van der Waals surface area contributed by atoms with Crippen molar-refractivity contribution >= 4 is 5.91 Å². The van der Waals surface area contributed by atoms with Gasteiger partial charge in [0.15, 0.2) is 0 Å². The van der Waals surface area contributed by atoms with E-state index >= 15 is 0 Å². The van der Waals surface area contributed by atoms with Crippen LogP contribution in [0.4, 0.5) is 0 Å². The molecular weight excluding hydrogens is 266 g/mol. The lowest BCUT2D eigenvalue weighted by Crippen LogP contribution is -2.29. The van der Waals surface area contributed by atoms with Crippen LogP contribution in [0.25, 0.3) is 0 Å². The largest absolute Gasteiger partial charge is 0.349 e. The smallest absolute Gasteiger partial charge is 0.269 e. The van der Waals surface area contributed by atoms with E-state index in [2.05, 4.69) is 26.9 Å². The first-order valence-corrected chi connectivity index (χ1v) is 7.37. The SMILES string of the molecule is Cc1cc(C(=O)NCCn2c(C)cnc2C2CC2)n(C)n1. The Balaban J connectivity index is 1.60. The van der Waals surface area contributed by atoms with Gasteiger partial charge < -0.3 is 9.88 Å². The highest BCUT2D eigenvalue weighted by Gasteiger charge is 2.28. The van der Waals surface area contributed by atoms with Gasteiger partial charge in [-0.05, 0) is 32.8 Å². The molecule has 0 bridgehead atoms. The van der Waals surface area contributed by atoms with E-state index in [9.17, 15) is 4.79 Å². The van der Waals surface area contributed by atoms with Crippen molar-refractivity contribution in [3.05, 3.63) is 35.2 Å². The first kappa shape index (κ1) is 13.9. The standard InChI is InChI=1S/C15H21N5O/c1-10-8-13(19(3)18-10)15(21)16-6-7-20-11(2)9-17-14(20)12-4-5-12/h8-9,12H,4-7H2,1-3H3,(H,16,21). The molecule has 6 nitrogen and oxygen atoms in total. The van der Waals surface area contributed by atoms with Crippen molar-refractivity contribution in [3.8, 4) is 0 Å². The van der Waals surface area contributed by atoms with E-state index in [0.29, 0.717) is 18.2 Å². The Morgan fingerprint density at radius 2 is 2.19 bits per heavy atom. The quantitative estimate of drug-likeness (QED) is 0.907. The number of hydrogen-bond donors (Lipinski definition) is 1. The van der Waals surface area contributed by atoms with Crippen LogP contribution < -0.4 is 5.32 Å². The Morgan fingerprint density at radius 3 is 2.81 bits per heavy atom. The third kappa shape index (κ3) is 2.84.